The lowest BCUT2D eigenvalue weighted by atomic mass is 10.1. The van der Waals surface area contributed by atoms with Crippen LogP contribution in [0.1, 0.15) is 51.0 Å². The maximum absolute atomic E-state index is 12.7. The molecular weight excluding hydrogens is 278 g/mol. The van der Waals surface area contributed by atoms with Crippen LogP contribution in [-0.4, -0.2) is 16.0 Å². The number of nitrogens with zero attached hydrogens (tertiary/aromatic N) is 1. The van der Waals surface area contributed by atoms with E-state index in [1.54, 1.807) is 12.3 Å². The Balaban J connectivity index is 2.76. The summed E-state index contributed by atoms with van der Waals surface area (Å²) in [6, 6.07) is 5.44. The van der Waals surface area contributed by atoms with Gasteiger partial charge >= 0.3 is 0 Å². The molecular formula is C17H23N3O2. The first-order valence-electron chi connectivity index (χ1n) is 7.37. The number of pyridine rings is 1. The number of aromatic nitrogens is 1. The highest BCUT2D eigenvalue weighted by Gasteiger charge is 2.21. The van der Waals surface area contributed by atoms with E-state index in [2.05, 4.69) is 5.32 Å². The Morgan fingerprint density at radius 2 is 1.91 bits per heavy atom. The molecule has 5 nitrogen and oxygen atoms in total. The molecule has 5 heteroatoms. The molecule has 0 radical (unpaired) electrons. The van der Waals surface area contributed by atoms with Crippen LogP contribution in [0.3, 0.4) is 0 Å². The fraction of sp³-hybridized carbons (Fsp3) is 0.412. The van der Waals surface area contributed by atoms with E-state index in [-0.39, 0.29) is 22.9 Å². The first-order valence-corrected chi connectivity index (χ1v) is 7.37. The lowest BCUT2D eigenvalue weighted by Gasteiger charge is -2.22. The third-order valence-electron chi connectivity index (χ3n) is 3.38. The van der Waals surface area contributed by atoms with Crippen molar-refractivity contribution >= 4 is 22.5 Å². The second-order valence-corrected chi connectivity index (χ2v) is 6.82. The number of fused-ring (bicyclic) bond motifs is 1. The van der Waals surface area contributed by atoms with Crippen LogP contribution >= 0.6 is 0 Å². The second kappa shape index (κ2) is 5.48. The number of hydrogen-bond donors (Lipinski definition) is 2. The van der Waals surface area contributed by atoms with E-state index in [1.807, 2.05) is 51.3 Å². The van der Waals surface area contributed by atoms with E-state index in [1.165, 1.54) is 0 Å². The zero-order chi connectivity index (χ0) is 16.7. The van der Waals surface area contributed by atoms with E-state index in [4.69, 9.17) is 5.73 Å². The maximum Gasteiger partial charge on any atom is 0.257 e. The van der Waals surface area contributed by atoms with Crippen LogP contribution in [0, 0.1) is 0 Å². The quantitative estimate of drug-likeness (QED) is 0.837. The molecule has 2 rings (SSSR count). The van der Waals surface area contributed by atoms with E-state index in [0.29, 0.717) is 11.1 Å². The molecule has 1 amide bonds. The lowest BCUT2D eigenvalue weighted by molar-refractivity contribution is 0.0918. The van der Waals surface area contributed by atoms with Crippen molar-refractivity contribution in [1.82, 2.24) is 9.88 Å². The van der Waals surface area contributed by atoms with Gasteiger partial charge in [0.05, 0.1) is 10.9 Å². The molecule has 0 atom stereocenters. The summed E-state index contributed by atoms with van der Waals surface area (Å²) in [6.45, 7) is 9.63. The van der Waals surface area contributed by atoms with Gasteiger partial charge in [-0.2, -0.15) is 0 Å². The number of carbonyl (C=O) groups is 1. The summed E-state index contributed by atoms with van der Waals surface area (Å²) in [6.07, 6.45) is 1.62. The van der Waals surface area contributed by atoms with E-state index >= 15 is 0 Å². The third-order valence-corrected chi connectivity index (χ3v) is 3.38. The minimum absolute atomic E-state index is 0.103. The molecule has 0 spiro atoms. The fourth-order valence-corrected chi connectivity index (χ4v) is 2.42. The fourth-order valence-electron chi connectivity index (χ4n) is 2.42. The molecule has 1 heterocycles. The topological polar surface area (TPSA) is 77.1 Å². The van der Waals surface area contributed by atoms with Crippen LogP contribution in [0.4, 0.5) is 5.69 Å². The number of benzene rings is 1. The van der Waals surface area contributed by atoms with Gasteiger partial charge in [-0.25, -0.2) is 0 Å². The van der Waals surface area contributed by atoms with E-state index in [0.717, 1.165) is 5.52 Å². The number of amides is 1. The van der Waals surface area contributed by atoms with Crippen molar-refractivity contribution in [3.05, 3.63) is 40.2 Å². The van der Waals surface area contributed by atoms with Crippen molar-refractivity contribution in [3.63, 3.8) is 0 Å². The summed E-state index contributed by atoms with van der Waals surface area (Å²) in [4.78, 5) is 25.1. The normalized spacial score (nSPS) is 11.9. The minimum Gasteiger partial charge on any atom is -0.398 e. The molecule has 22 heavy (non-hydrogen) atoms. The van der Waals surface area contributed by atoms with Crippen LogP contribution in [0.5, 0.6) is 0 Å². The number of nitrogens with two attached hydrogens (primary N) is 1. The molecule has 1 aromatic carbocycles. The molecule has 0 fully saturated rings. The van der Waals surface area contributed by atoms with Crippen molar-refractivity contribution in [1.29, 1.82) is 0 Å². The number of nitrogens with one attached hydrogen (secondary N) is 1. The predicted octanol–water partition coefficient (Wildman–Crippen LogP) is 2.69. The molecule has 0 saturated heterocycles. The van der Waals surface area contributed by atoms with Gasteiger partial charge in [-0.3, -0.25) is 9.59 Å². The molecule has 0 aliphatic carbocycles. The van der Waals surface area contributed by atoms with Gasteiger partial charge in [-0.15, -0.1) is 0 Å². The first-order chi connectivity index (χ1) is 10.1. The largest absolute Gasteiger partial charge is 0.398 e. The van der Waals surface area contributed by atoms with Crippen LogP contribution < -0.4 is 16.5 Å². The molecule has 118 valence electrons. The molecule has 0 aliphatic heterocycles. The highest BCUT2D eigenvalue weighted by molar-refractivity contribution is 6.00. The van der Waals surface area contributed by atoms with Crippen molar-refractivity contribution in [2.45, 2.75) is 46.2 Å². The Hall–Kier alpha value is -2.30. The molecule has 0 saturated carbocycles. The monoisotopic (exact) mass is 301 g/mol. The average molecular weight is 301 g/mol. The third kappa shape index (κ3) is 2.98. The molecule has 2 aromatic rings. The maximum atomic E-state index is 12.7. The zero-order valence-corrected chi connectivity index (χ0v) is 13.7. The van der Waals surface area contributed by atoms with E-state index < -0.39 is 5.54 Å². The van der Waals surface area contributed by atoms with Gasteiger partial charge in [0.1, 0.15) is 5.56 Å². The summed E-state index contributed by atoms with van der Waals surface area (Å²) in [7, 11) is 0. The number of rotatable bonds is 2. The van der Waals surface area contributed by atoms with Gasteiger partial charge in [0, 0.05) is 23.5 Å². The van der Waals surface area contributed by atoms with Crippen LogP contribution in [0.25, 0.3) is 10.9 Å². The number of carbonyl (C=O) groups excluding carboxylic acids is 1. The lowest BCUT2D eigenvalue weighted by Crippen LogP contribution is -2.42. The highest BCUT2D eigenvalue weighted by atomic mass is 16.2. The van der Waals surface area contributed by atoms with Gasteiger partial charge in [-0.1, -0.05) is 6.07 Å². The van der Waals surface area contributed by atoms with Gasteiger partial charge in [0.2, 0.25) is 5.43 Å². The van der Waals surface area contributed by atoms with Crippen molar-refractivity contribution in [2.24, 2.45) is 0 Å². The van der Waals surface area contributed by atoms with Gasteiger partial charge < -0.3 is 15.6 Å². The number of hydrogen-bond acceptors (Lipinski definition) is 3. The summed E-state index contributed by atoms with van der Waals surface area (Å²) in [5.41, 5.74) is 6.49. The van der Waals surface area contributed by atoms with Gasteiger partial charge in [-0.05, 0) is 46.8 Å². The van der Waals surface area contributed by atoms with Crippen LogP contribution in [0.2, 0.25) is 0 Å². The summed E-state index contributed by atoms with van der Waals surface area (Å²) in [5.74, 6) is -0.378. The summed E-state index contributed by atoms with van der Waals surface area (Å²) >= 11 is 0. The molecule has 0 aliphatic rings. The second-order valence-electron chi connectivity index (χ2n) is 6.82. The smallest absolute Gasteiger partial charge is 0.257 e. The Labute approximate surface area is 130 Å². The van der Waals surface area contributed by atoms with Crippen LogP contribution in [0.15, 0.2) is 29.2 Å². The number of nitrogen functional groups attached to an aromatic ring is 1. The Bertz CT molecular complexity index is 783. The average Bonchev–Trinajstić information content (AvgIpc) is 2.36. The Morgan fingerprint density at radius 1 is 1.27 bits per heavy atom. The number of anilines is 1. The highest BCUT2D eigenvalue weighted by Crippen LogP contribution is 2.21. The standard InChI is InChI=1S/C17H23N3O2/c1-10(2)20-9-11(16(22)19-17(3,4)5)15(21)14-12(18)7-6-8-13(14)20/h6-10H,18H2,1-5H3,(H,19,22). The predicted molar refractivity (Wildman–Crippen MR) is 90.2 cm³/mol. The van der Waals surface area contributed by atoms with Crippen LogP contribution in [-0.2, 0) is 0 Å². The molecule has 1 aromatic heterocycles. The van der Waals surface area contributed by atoms with Gasteiger partial charge in [0.25, 0.3) is 5.91 Å². The van der Waals surface area contributed by atoms with Gasteiger partial charge in [0.15, 0.2) is 0 Å². The Morgan fingerprint density at radius 3 is 2.45 bits per heavy atom. The first kappa shape index (κ1) is 16.1. The van der Waals surface area contributed by atoms with Crippen molar-refractivity contribution < 1.29 is 4.79 Å². The van der Waals surface area contributed by atoms with Crippen molar-refractivity contribution in [2.75, 3.05) is 5.73 Å². The summed E-state index contributed by atoms with van der Waals surface area (Å²) in [5, 5.41) is 3.23. The molecule has 0 bridgehead atoms. The zero-order valence-electron chi connectivity index (χ0n) is 13.7. The molecule has 3 N–H and O–H groups in total. The molecule has 0 unspecified atom stereocenters. The SMILES string of the molecule is CC(C)n1cc(C(=O)NC(C)(C)C)c(=O)c2c(N)cccc21. The minimum atomic E-state index is -0.413. The van der Waals surface area contributed by atoms with Crippen molar-refractivity contribution in [3.8, 4) is 0 Å². The Kier molecular flexibility index (Phi) is 4.00. The van der Waals surface area contributed by atoms with E-state index in [9.17, 15) is 9.59 Å². The summed E-state index contributed by atoms with van der Waals surface area (Å²) < 4.78 is 1.91.